The largest absolute Gasteiger partial charge is 0.382 e. The van der Waals surface area contributed by atoms with E-state index in [0.29, 0.717) is 28.7 Å². The van der Waals surface area contributed by atoms with Crippen molar-refractivity contribution >= 4 is 39.7 Å². The summed E-state index contributed by atoms with van der Waals surface area (Å²) in [6.45, 7) is 6.05. The van der Waals surface area contributed by atoms with Crippen LogP contribution in [0.1, 0.15) is 31.2 Å². The molecule has 8 nitrogen and oxygen atoms in total. The van der Waals surface area contributed by atoms with Crippen LogP contribution in [0.2, 0.25) is 5.02 Å². The Hall–Kier alpha value is -3.39. The Labute approximate surface area is 196 Å². The molecule has 2 N–H and O–H groups in total. The minimum Gasteiger partial charge on any atom is -0.382 e. The number of halogens is 1. The molecular weight excluding hydrogens is 438 g/mol. The molecule has 0 spiro atoms. The Morgan fingerprint density at radius 2 is 1.97 bits per heavy atom. The van der Waals surface area contributed by atoms with Gasteiger partial charge in [0.2, 0.25) is 0 Å². The van der Waals surface area contributed by atoms with Crippen LogP contribution in [0.4, 0.5) is 17.2 Å². The fourth-order valence-corrected chi connectivity index (χ4v) is 4.27. The smallest absolute Gasteiger partial charge is 0.252 e. The minimum atomic E-state index is -0.0397. The molecule has 3 heterocycles. The van der Waals surface area contributed by atoms with Gasteiger partial charge in [0, 0.05) is 41.6 Å². The summed E-state index contributed by atoms with van der Waals surface area (Å²) in [5.41, 5.74) is 4.29. The maximum absolute atomic E-state index is 12.5. The zero-order valence-corrected chi connectivity index (χ0v) is 19.8. The van der Waals surface area contributed by atoms with Crippen LogP contribution in [-0.4, -0.2) is 30.4 Å². The van der Waals surface area contributed by atoms with E-state index in [1.165, 1.54) is 12.8 Å². The van der Waals surface area contributed by atoms with Crippen molar-refractivity contribution < 1.29 is 0 Å². The second-order valence-electron chi connectivity index (χ2n) is 8.79. The number of nitrogens with one attached hydrogen (secondary N) is 2. The van der Waals surface area contributed by atoms with Gasteiger partial charge in [0.05, 0.1) is 17.4 Å². The molecule has 3 aromatic heterocycles. The number of fused-ring (bicyclic) bond motifs is 1. The average Bonchev–Trinajstić information content (AvgIpc) is 3.57. The molecule has 1 aromatic carbocycles. The van der Waals surface area contributed by atoms with Gasteiger partial charge in [-0.05, 0) is 63.8 Å². The summed E-state index contributed by atoms with van der Waals surface area (Å²) in [7, 11) is 1.79. The normalized spacial score (nSPS) is 14.5. The van der Waals surface area contributed by atoms with Gasteiger partial charge in [0.1, 0.15) is 5.02 Å². The van der Waals surface area contributed by atoms with Crippen LogP contribution in [0.5, 0.6) is 0 Å². The van der Waals surface area contributed by atoms with E-state index in [1.807, 2.05) is 38.1 Å². The Morgan fingerprint density at radius 3 is 2.67 bits per heavy atom. The van der Waals surface area contributed by atoms with E-state index in [0.717, 1.165) is 33.7 Å². The summed E-state index contributed by atoms with van der Waals surface area (Å²) in [5.74, 6) is 1.59. The van der Waals surface area contributed by atoms with Gasteiger partial charge in [-0.1, -0.05) is 11.6 Å². The van der Waals surface area contributed by atoms with Crippen molar-refractivity contribution in [1.82, 2.24) is 24.3 Å². The van der Waals surface area contributed by atoms with E-state index >= 15 is 0 Å². The highest BCUT2D eigenvalue weighted by Crippen LogP contribution is 2.35. The van der Waals surface area contributed by atoms with E-state index in [4.69, 9.17) is 11.6 Å². The first-order valence-electron chi connectivity index (χ1n) is 11.0. The van der Waals surface area contributed by atoms with E-state index in [9.17, 15) is 4.79 Å². The highest BCUT2D eigenvalue weighted by atomic mass is 35.5. The number of hydrogen-bond donors (Lipinski definition) is 2. The number of benzene rings is 1. The maximum Gasteiger partial charge on any atom is 0.252 e. The highest BCUT2D eigenvalue weighted by Gasteiger charge is 2.28. The molecule has 0 bridgehead atoms. The lowest BCUT2D eigenvalue weighted by molar-refractivity contribution is 0.694. The number of nitrogens with zero attached hydrogens (tertiary/aromatic N) is 5. The summed E-state index contributed by atoms with van der Waals surface area (Å²) in [5, 5.41) is 12.7. The number of pyridine rings is 1. The monoisotopic (exact) mass is 463 g/mol. The standard InChI is InChI=1S/C24H26ClN7O/c1-13-9-14(2)32(30-13)24-26-12-19(25)23(29-24)28-17-7-8-21-18(10-17)20(11-22(33)31(21)4)27-15(3)16-5-6-16/h7-12,15-16,27H,5-6H2,1-4H3,(H,26,28,29). The highest BCUT2D eigenvalue weighted by molar-refractivity contribution is 6.32. The fourth-order valence-electron chi connectivity index (χ4n) is 4.13. The SMILES string of the molecule is Cc1cc(C)n(-c2ncc(Cl)c(Nc3ccc4c(c3)c(NC(C)C3CC3)cc(=O)n4C)n2)n1. The summed E-state index contributed by atoms with van der Waals surface area (Å²) >= 11 is 6.41. The molecule has 9 heteroatoms. The lowest BCUT2D eigenvalue weighted by atomic mass is 10.1. The molecule has 1 saturated carbocycles. The van der Waals surface area contributed by atoms with Crippen LogP contribution in [0, 0.1) is 19.8 Å². The van der Waals surface area contributed by atoms with Crippen LogP contribution in [0.15, 0.2) is 41.3 Å². The molecule has 0 saturated heterocycles. The minimum absolute atomic E-state index is 0.0397. The average molecular weight is 464 g/mol. The lowest BCUT2D eigenvalue weighted by Crippen LogP contribution is -2.22. The molecule has 33 heavy (non-hydrogen) atoms. The van der Waals surface area contributed by atoms with Gasteiger partial charge < -0.3 is 15.2 Å². The number of hydrogen-bond acceptors (Lipinski definition) is 6. The van der Waals surface area contributed by atoms with Gasteiger partial charge >= 0.3 is 0 Å². The summed E-state index contributed by atoms with van der Waals surface area (Å²) in [4.78, 5) is 21.4. The van der Waals surface area contributed by atoms with Crippen LogP contribution in [0.25, 0.3) is 16.9 Å². The molecule has 5 rings (SSSR count). The Balaban J connectivity index is 1.53. The van der Waals surface area contributed by atoms with E-state index in [-0.39, 0.29) is 5.56 Å². The maximum atomic E-state index is 12.5. The number of rotatable bonds is 6. The zero-order chi connectivity index (χ0) is 23.3. The van der Waals surface area contributed by atoms with Crippen LogP contribution >= 0.6 is 11.6 Å². The quantitative estimate of drug-likeness (QED) is 0.429. The first-order chi connectivity index (χ1) is 15.8. The molecule has 170 valence electrons. The van der Waals surface area contributed by atoms with Crippen molar-refractivity contribution in [3.8, 4) is 5.95 Å². The molecule has 1 fully saturated rings. The van der Waals surface area contributed by atoms with Crippen molar-refractivity contribution in [2.75, 3.05) is 10.6 Å². The molecule has 0 aliphatic heterocycles. The summed E-state index contributed by atoms with van der Waals surface area (Å²) in [6, 6.07) is 9.81. The second-order valence-corrected chi connectivity index (χ2v) is 9.20. The third-order valence-electron chi connectivity index (χ3n) is 6.15. The third kappa shape index (κ3) is 4.18. The van der Waals surface area contributed by atoms with Crippen molar-refractivity contribution in [1.29, 1.82) is 0 Å². The molecule has 1 aliphatic rings. The van der Waals surface area contributed by atoms with Crippen LogP contribution in [-0.2, 0) is 7.05 Å². The third-order valence-corrected chi connectivity index (χ3v) is 6.43. The first-order valence-corrected chi connectivity index (χ1v) is 11.4. The predicted molar refractivity (Wildman–Crippen MR) is 132 cm³/mol. The second kappa shape index (κ2) is 8.19. The summed E-state index contributed by atoms with van der Waals surface area (Å²) in [6.07, 6.45) is 4.03. The van der Waals surface area contributed by atoms with Gasteiger partial charge in [-0.3, -0.25) is 4.79 Å². The van der Waals surface area contributed by atoms with Crippen molar-refractivity contribution in [3.63, 3.8) is 0 Å². The van der Waals surface area contributed by atoms with Crippen molar-refractivity contribution in [3.05, 3.63) is 63.3 Å². The van der Waals surface area contributed by atoms with Gasteiger partial charge in [-0.2, -0.15) is 10.1 Å². The molecular formula is C24H26ClN7O. The number of aryl methyl sites for hydroxylation is 3. The molecule has 1 aliphatic carbocycles. The van der Waals surface area contributed by atoms with Gasteiger partial charge in [-0.25, -0.2) is 9.67 Å². The molecule has 1 unspecified atom stereocenters. The number of aromatic nitrogens is 5. The fraction of sp³-hybridized carbons (Fsp3) is 0.333. The van der Waals surface area contributed by atoms with E-state index < -0.39 is 0 Å². The number of anilines is 3. The van der Waals surface area contributed by atoms with Gasteiger partial charge in [0.15, 0.2) is 5.82 Å². The molecule has 0 radical (unpaired) electrons. The molecule has 0 amide bonds. The van der Waals surface area contributed by atoms with Gasteiger partial charge in [0.25, 0.3) is 11.5 Å². The van der Waals surface area contributed by atoms with Crippen LogP contribution < -0.4 is 16.2 Å². The molecule has 4 aromatic rings. The van der Waals surface area contributed by atoms with E-state index in [2.05, 4.69) is 32.6 Å². The Bertz CT molecular complexity index is 1420. The van der Waals surface area contributed by atoms with Crippen molar-refractivity contribution in [2.45, 2.75) is 39.7 Å². The van der Waals surface area contributed by atoms with Crippen molar-refractivity contribution in [2.24, 2.45) is 13.0 Å². The zero-order valence-electron chi connectivity index (χ0n) is 19.1. The lowest BCUT2D eigenvalue weighted by Gasteiger charge is -2.18. The summed E-state index contributed by atoms with van der Waals surface area (Å²) < 4.78 is 3.35. The predicted octanol–water partition coefficient (Wildman–Crippen LogP) is 4.74. The van der Waals surface area contributed by atoms with Crippen LogP contribution in [0.3, 0.4) is 0 Å². The molecule has 1 atom stereocenters. The topological polar surface area (TPSA) is 89.7 Å². The Kier molecular flexibility index (Phi) is 5.32. The van der Waals surface area contributed by atoms with Gasteiger partial charge in [-0.15, -0.1) is 0 Å². The Morgan fingerprint density at radius 1 is 1.18 bits per heavy atom. The first kappa shape index (κ1) is 21.5. The van der Waals surface area contributed by atoms with E-state index in [1.54, 1.807) is 28.6 Å².